The van der Waals surface area contributed by atoms with Gasteiger partial charge in [-0.25, -0.2) is 4.39 Å². The molecule has 0 bridgehead atoms. The van der Waals surface area contributed by atoms with Gasteiger partial charge in [-0.2, -0.15) is 0 Å². The zero-order valence-electron chi connectivity index (χ0n) is 17.2. The Hall–Kier alpha value is -2.92. The molecule has 4 rings (SSSR count). The van der Waals surface area contributed by atoms with Gasteiger partial charge in [0.05, 0.1) is 18.7 Å². The Morgan fingerprint density at radius 3 is 2.70 bits per heavy atom. The molecule has 2 heterocycles. The highest BCUT2D eigenvalue weighted by atomic mass is 19.1. The minimum atomic E-state index is -0.191. The van der Waals surface area contributed by atoms with Gasteiger partial charge in [-0.1, -0.05) is 42.5 Å². The third kappa shape index (κ3) is 4.97. The molecular formula is C25H27FN2O2. The molecule has 2 unspecified atom stereocenters. The molecule has 4 nitrogen and oxygen atoms in total. The Balaban J connectivity index is 1.50. The van der Waals surface area contributed by atoms with E-state index >= 15 is 0 Å². The van der Waals surface area contributed by atoms with Crippen LogP contribution in [0.4, 0.5) is 4.39 Å². The molecule has 30 heavy (non-hydrogen) atoms. The number of nitrogens with one attached hydrogen (secondary N) is 1. The second-order valence-corrected chi connectivity index (χ2v) is 8.12. The molecule has 1 aliphatic heterocycles. The van der Waals surface area contributed by atoms with Crippen molar-refractivity contribution in [2.75, 3.05) is 13.1 Å². The number of benzene rings is 2. The first kappa shape index (κ1) is 20.4. The second-order valence-electron chi connectivity index (χ2n) is 8.12. The molecule has 1 saturated heterocycles. The van der Waals surface area contributed by atoms with Crippen LogP contribution in [0.25, 0.3) is 0 Å². The fourth-order valence-corrected chi connectivity index (χ4v) is 4.25. The smallest absolute Gasteiger partial charge is 0.224 e. The maximum absolute atomic E-state index is 13.8. The van der Waals surface area contributed by atoms with Gasteiger partial charge in [0.1, 0.15) is 11.6 Å². The van der Waals surface area contributed by atoms with E-state index < -0.39 is 0 Å². The third-order valence-electron chi connectivity index (χ3n) is 5.82. The summed E-state index contributed by atoms with van der Waals surface area (Å²) in [6, 6.07) is 19.3. The highest BCUT2D eigenvalue weighted by molar-refractivity contribution is 5.79. The summed E-state index contributed by atoms with van der Waals surface area (Å²) in [5.41, 5.74) is 2.96. The lowest BCUT2D eigenvalue weighted by Gasteiger charge is -2.37. The fourth-order valence-electron chi connectivity index (χ4n) is 4.25. The number of halogens is 1. The standard InChI is InChI=1S/C25H27FN2O2/c1-18-12-20(9-10-24(18)26)21-13-22(25(29)27-14-23-8-5-11-30-23)17-28(16-21)15-19-6-3-2-4-7-19/h2-12,21-22H,13-17H2,1H3,(H,27,29). The number of amides is 1. The number of carbonyl (C=O) groups is 1. The van der Waals surface area contributed by atoms with Gasteiger partial charge in [-0.05, 0) is 54.2 Å². The molecule has 1 N–H and O–H groups in total. The van der Waals surface area contributed by atoms with Crippen molar-refractivity contribution < 1.29 is 13.6 Å². The number of furan rings is 1. The molecule has 0 spiro atoms. The van der Waals surface area contributed by atoms with Gasteiger partial charge >= 0.3 is 0 Å². The zero-order valence-corrected chi connectivity index (χ0v) is 17.2. The molecule has 1 aliphatic rings. The SMILES string of the molecule is Cc1cc(C2CC(C(=O)NCc3ccco3)CN(Cc3ccccc3)C2)ccc1F. The average molecular weight is 407 g/mol. The van der Waals surface area contributed by atoms with Crippen molar-refractivity contribution >= 4 is 5.91 Å². The van der Waals surface area contributed by atoms with Crippen molar-refractivity contribution in [1.29, 1.82) is 0 Å². The molecule has 0 radical (unpaired) electrons. The maximum Gasteiger partial charge on any atom is 0.224 e. The van der Waals surface area contributed by atoms with E-state index in [0.29, 0.717) is 18.7 Å². The highest BCUT2D eigenvalue weighted by Gasteiger charge is 2.32. The van der Waals surface area contributed by atoms with Crippen LogP contribution in [0.2, 0.25) is 0 Å². The van der Waals surface area contributed by atoms with Crippen LogP contribution < -0.4 is 5.32 Å². The van der Waals surface area contributed by atoms with E-state index in [4.69, 9.17) is 4.42 Å². The maximum atomic E-state index is 13.8. The summed E-state index contributed by atoms with van der Waals surface area (Å²) >= 11 is 0. The number of aryl methyl sites for hydroxylation is 1. The topological polar surface area (TPSA) is 45.5 Å². The van der Waals surface area contributed by atoms with Crippen molar-refractivity contribution in [3.05, 3.63) is 95.2 Å². The van der Waals surface area contributed by atoms with Gasteiger partial charge in [0, 0.05) is 19.6 Å². The molecule has 3 aromatic rings. The minimum absolute atomic E-state index is 0.0352. The summed E-state index contributed by atoms with van der Waals surface area (Å²) in [6.45, 7) is 4.52. The summed E-state index contributed by atoms with van der Waals surface area (Å²) in [7, 11) is 0. The molecular weight excluding hydrogens is 379 g/mol. The van der Waals surface area contributed by atoms with Crippen LogP contribution in [-0.4, -0.2) is 23.9 Å². The quantitative estimate of drug-likeness (QED) is 0.648. The van der Waals surface area contributed by atoms with E-state index in [1.807, 2.05) is 42.5 Å². The summed E-state index contributed by atoms with van der Waals surface area (Å²) in [5.74, 6) is 0.636. The first-order chi connectivity index (χ1) is 14.6. The predicted octanol–water partition coefficient (Wildman–Crippen LogP) is 4.65. The normalized spacial score (nSPS) is 19.5. The monoisotopic (exact) mass is 406 g/mol. The molecule has 2 aromatic carbocycles. The van der Waals surface area contributed by atoms with Crippen LogP contribution in [-0.2, 0) is 17.9 Å². The lowest BCUT2D eigenvalue weighted by molar-refractivity contribution is -0.127. The molecule has 0 aliphatic carbocycles. The lowest BCUT2D eigenvalue weighted by atomic mass is 9.83. The molecule has 156 valence electrons. The van der Waals surface area contributed by atoms with Crippen molar-refractivity contribution in [2.45, 2.75) is 32.4 Å². The summed E-state index contributed by atoms with van der Waals surface area (Å²) in [6.07, 6.45) is 2.36. The first-order valence-electron chi connectivity index (χ1n) is 10.4. The molecule has 2 atom stereocenters. The van der Waals surface area contributed by atoms with Crippen LogP contribution in [0, 0.1) is 18.7 Å². The number of likely N-dealkylation sites (tertiary alicyclic amines) is 1. The summed E-state index contributed by atoms with van der Waals surface area (Å²) in [5, 5.41) is 3.01. The highest BCUT2D eigenvalue weighted by Crippen LogP contribution is 2.32. The van der Waals surface area contributed by atoms with E-state index in [-0.39, 0.29) is 23.6 Å². The van der Waals surface area contributed by atoms with E-state index in [1.54, 1.807) is 13.2 Å². The zero-order chi connectivity index (χ0) is 20.9. The van der Waals surface area contributed by atoms with Crippen LogP contribution in [0.5, 0.6) is 0 Å². The number of piperidine rings is 1. The van der Waals surface area contributed by atoms with Crippen molar-refractivity contribution in [3.8, 4) is 0 Å². The number of nitrogens with zero attached hydrogens (tertiary/aromatic N) is 1. The Labute approximate surface area is 176 Å². The number of rotatable bonds is 6. The molecule has 5 heteroatoms. The fraction of sp³-hybridized carbons (Fsp3) is 0.320. The molecule has 1 amide bonds. The van der Waals surface area contributed by atoms with Crippen LogP contribution in [0.15, 0.2) is 71.3 Å². The summed E-state index contributed by atoms with van der Waals surface area (Å²) < 4.78 is 19.1. The van der Waals surface area contributed by atoms with E-state index in [0.717, 1.165) is 30.8 Å². The first-order valence-corrected chi connectivity index (χ1v) is 10.4. The van der Waals surface area contributed by atoms with Crippen molar-refractivity contribution in [3.63, 3.8) is 0 Å². The Kier molecular flexibility index (Phi) is 6.29. The number of carbonyl (C=O) groups excluding carboxylic acids is 1. The average Bonchev–Trinajstić information content (AvgIpc) is 3.28. The molecule has 1 aromatic heterocycles. The van der Waals surface area contributed by atoms with Gasteiger partial charge in [0.25, 0.3) is 0 Å². The van der Waals surface area contributed by atoms with Crippen LogP contribution in [0.1, 0.15) is 34.8 Å². The third-order valence-corrected chi connectivity index (χ3v) is 5.82. The Bertz CT molecular complexity index is 972. The van der Waals surface area contributed by atoms with Gasteiger partial charge < -0.3 is 9.73 Å². The number of hydrogen-bond acceptors (Lipinski definition) is 3. The summed E-state index contributed by atoms with van der Waals surface area (Å²) in [4.78, 5) is 15.3. The minimum Gasteiger partial charge on any atom is -0.467 e. The van der Waals surface area contributed by atoms with Gasteiger partial charge in [0.15, 0.2) is 0 Å². The van der Waals surface area contributed by atoms with E-state index in [9.17, 15) is 9.18 Å². The van der Waals surface area contributed by atoms with Crippen molar-refractivity contribution in [1.82, 2.24) is 10.2 Å². The number of hydrogen-bond donors (Lipinski definition) is 1. The van der Waals surface area contributed by atoms with E-state index in [1.165, 1.54) is 11.6 Å². The Morgan fingerprint density at radius 1 is 1.13 bits per heavy atom. The van der Waals surface area contributed by atoms with Crippen molar-refractivity contribution in [2.24, 2.45) is 5.92 Å². The molecule has 0 saturated carbocycles. The second kappa shape index (κ2) is 9.26. The molecule has 1 fully saturated rings. The van der Waals surface area contributed by atoms with E-state index in [2.05, 4.69) is 22.3 Å². The predicted molar refractivity (Wildman–Crippen MR) is 114 cm³/mol. The van der Waals surface area contributed by atoms with Gasteiger partial charge in [0.2, 0.25) is 5.91 Å². The van der Waals surface area contributed by atoms with Gasteiger partial charge in [-0.15, -0.1) is 0 Å². The van der Waals surface area contributed by atoms with Gasteiger partial charge in [-0.3, -0.25) is 9.69 Å². The lowest BCUT2D eigenvalue weighted by Crippen LogP contribution is -2.45. The Morgan fingerprint density at radius 2 is 1.97 bits per heavy atom. The van der Waals surface area contributed by atoms with Crippen LogP contribution >= 0.6 is 0 Å². The largest absolute Gasteiger partial charge is 0.467 e. The van der Waals surface area contributed by atoms with Crippen LogP contribution in [0.3, 0.4) is 0 Å².